The SMILES string of the molecule is CN1C(=O)CN(CC#N)c2ccc(C#N)cc21. The molecular weight excluding hydrogens is 216 g/mol. The highest BCUT2D eigenvalue weighted by Gasteiger charge is 2.26. The molecule has 84 valence electrons. The van der Waals surface area contributed by atoms with Gasteiger partial charge >= 0.3 is 0 Å². The van der Waals surface area contributed by atoms with Crippen LogP contribution in [-0.2, 0) is 4.79 Å². The van der Waals surface area contributed by atoms with E-state index in [2.05, 4.69) is 0 Å². The summed E-state index contributed by atoms with van der Waals surface area (Å²) in [6.07, 6.45) is 0. The Kier molecular flexibility index (Phi) is 2.68. The molecule has 0 aromatic heterocycles. The van der Waals surface area contributed by atoms with E-state index < -0.39 is 0 Å². The van der Waals surface area contributed by atoms with Crippen LogP contribution in [0.1, 0.15) is 5.56 Å². The van der Waals surface area contributed by atoms with Gasteiger partial charge in [-0.05, 0) is 18.2 Å². The number of amides is 1. The Morgan fingerprint density at radius 2 is 2.12 bits per heavy atom. The summed E-state index contributed by atoms with van der Waals surface area (Å²) in [6.45, 7) is 0.363. The molecule has 1 aromatic rings. The van der Waals surface area contributed by atoms with Gasteiger partial charge in [0.1, 0.15) is 6.54 Å². The van der Waals surface area contributed by atoms with Crippen LogP contribution in [0.4, 0.5) is 11.4 Å². The van der Waals surface area contributed by atoms with Gasteiger partial charge < -0.3 is 9.80 Å². The second-order valence-electron chi connectivity index (χ2n) is 3.78. The van der Waals surface area contributed by atoms with E-state index in [-0.39, 0.29) is 19.0 Å². The van der Waals surface area contributed by atoms with Crippen molar-refractivity contribution < 1.29 is 4.79 Å². The van der Waals surface area contributed by atoms with Crippen LogP contribution in [0.25, 0.3) is 0 Å². The summed E-state index contributed by atoms with van der Waals surface area (Å²) in [6, 6.07) is 9.19. The van der Waals surface area contributed by atoms with Crippen LogP contribution >= 0.6 is 0 Å². The van der Waals surface area contributed by atoms with Gasteiger partial charge in [0, 0.05) is 7.05 Å². The molecule has 0 N–H and O–H groups in total. The molecule has 0 radical (unpaired) electrons. The maximum absolute atomic E-state index is 11.7. The van der Waals surface area contributed by atoms with Crippen molar-refractivity contribution >= 4 is 17.3 Å². The van der Waals surface area contributed by atoms with Crippen LogP contribution in [0, 0.1) is 22.7 Å². The third kappa shape index (κ3) is 1.79. The quantitative estimate of drug-likeness (QED) is 0.666. The molecule has 0 spiro atoms. The fourth-order valence-corrected chi connectivity index (χ4v) is 1.84. The lowest BCUT2D eigenvalue weighted by Crippen LogP contribution is -2.44. The Bertz CT molecular complexity index is 553. The van der Waals surface area contributed by atoms with Gasteiger partial charge in [-0.3, -0.25) is 4.79 Å². The van der Waals surface area contributed by atoms with Crippen molar-refractivity contribution in [2.45, 2.75) is 0 Å². The van der Waals surface area contributed by atoms with Crippen molar-refractivity contribution in [2.75, 3.05) is 29.9 Å². The Balaban J connectivity index is 2.53. The molecule has 0 saturated heterocycles. The Morgan fingerprint density at radius 1 is 1.35 bits per heavy atom. The minimum atomic E-state index is -0.0807. The standard InChI is InChI=1S/C12H10N4O/c1-15-11-6-9(7-14)2-3-10(11)16(5-4-13)8-12(15)17/h2-3,6H,5,8H2,1H3. The fourth-order valence-electron chi connectivity index (χ4n) is 1.84. The number of hydrogen-bond donors (Lipinski definition) is 0. The first-order valence-electron chi connectivity index (χ1n) is 5.10. The molecule has 5 nitrogen and oxygen atoms in total. The van der Waals surface area contributed by atoms with Crippen LogP contribution in [0.3, 0.4) is 0 Å². The summed E-state index contributed by atoms with van der Waals surface area (Å²) in [5.74, 6) is -0.0807. The van der Waals surface area contributed by atoms with Crippen molar-refractivity contribution in [1.82, 2.24) is 0 Å². The van der Waals surface area contributed by atoms with E-state index >= 15 is 0 Å². The minimum Gasteiger partial charge on any atom is -0.347 e. The van der Waals surface area contributed by atoms with E-state index in [0.717, 1.165) is 5.69 Å². The highest BCUT2D eigenvalue weighted by Crippen LogP contribution is 2.33. The first-order valence-corrected chi connectivity index (χ1v) is 5.10. The number of benzene rings is 1. The molecule has 5 heteroatoms. The van der Waals surface area contributed by atoms with Crippen LogP contribution in [0.2, 0.25) is 0 Å². The number of fused-ring (bicyclic) bond motifs is 1. The average Bonchev–Trinajstić information content (AvgIpc) is 2.35. The third-order valence-corrected chi connectivity index (χ3v) is 2.77. The highest BCUT2D eigenvalue weighted by molar-refractivity contribution is 6.03. The fraction of sp³-hybridized carbons (Fsp3) is 0.250. The number of likely N-dealkylation sites (N-methyl/N-ethyl adjacent to an activating group) is 1. The average molecular weight is 226 g/mol. The predicted octanol–water partition coefficient (Wildman–Crippen LogP) is 0.865. The highest BCUT2D eigenvalue weighted by atomic mass is 16.2. The number of carbonyl (C=O) groups is 1. The zero-order chi connectivity index (χ0) is 12.4. The van der Waals surface area contributed by atoms with E-state index in [9.17, 15) is 4.79 Å². The summed E-state index contributed by atoms with van der Waals surface area (Å²) in [7, 11) is 1.67. The molecular formula is C12H10N4O. The molecule has 1 aromatic carbocycles. The molecule has 0 saturated carbocycles. The molecule has 1 amide bonds. The summed E-state index contributed by atoms with van der Waals surface area (Å²) in [5, 5.41) is 17.6. The summed E-state index contributed by atoms with van der Waals surface area (Å²) >= 11 is 0. The monoisotopic (exact) mass is 226 g/mol. The minimum absolute atomic E-state index is 0.0807. The van der Waals surface area contributed by atoms with Gasteiger partial charge in [-0.2, -0.15) is 10.5 Å². The first-order chi connectivity index (χ1) is 8.17. The van der Waals surface area contributed by atoms with Gasteiger partial charge in [0.15, 0.2) is 0 Å². The predicted molar refractivity (Wildman–Crippen MR) is 62.4 cm³/mol. The van der Waals surface area contributed by atoms with E-state index in [1.54, 1.807) is 30.1 Å². The van der Waals surface area contributed by atoms with Gasteiger partial charge in [0.05, 0.1) is 35.6 Å². The summed E-state index contributed by atoms with van der Waals surface area (Å²) in [4.78, 5) is 15.0. The molecule has 0 bridgehead atoms. The number of hydrogen-bond acceptors (Lipinski definition) is 4. The molecule has 17 heavy (non-hydrogen) atoms. The zero-order valence-electron chi connectivity index (χ0n) is 9.34. The molecule has 1 aliphatic heterocycles. The first kappa shape index (κ1) is 11.0. The Labute approximate surface area is 99.1 Å². The molecule has 1 aliphatic rings. The largest absolute Gasteiger partial charge is 0.347 e. The summed E-state index contributed by atoms with van der Waals surface area (Å²) in [5.41, 5.74) is 1.99. The number of carbonyl (C=O) groups excluding carboxylic acids is 1. The lowest BCUT2D eigenvalue weighted by atomic mass is 10.1. The van der Waals surface area contributed by atoms with E-state index in [0.29, 0.717) is 11.3 Å². The maximum Gasteiger partial charge on any atom is 0.246 e. The lowest BCUT2D eigenvalue weighted by Gasteiger charge is -2.34. The van der Waals surface area contributed by atoms with Crippen LogP contribution in [0.15, 0.2) is 18.2 Å². The van der Waals surface area contributed by atoms with Gasteiger partial charge in [0.25, 0.3) is 0 Å². The van der Waals surface area contributed by atoms with Crippen LogP contribution < -0.4 is 9.80 Å². The molecule has 0 atom stereocenters. The van der Waals surface area contributed by atoms with Gasteiger partial charge in [0.2, 0.25) is 5.91 Å². The molecule has 0 aliphatic carbocycles. The molecule has 0 fully saturated rings. The second-order valence-corrected chi connectivity index (χ2v) is 3.78. The number of anilines is 2. The third-order valence-electron chi connectivity index (χ3n) is 2.77. The van der Waals surface area contributed by atoms with Crippen molar-refractivity contribution in [2.24, 2.45) is 0 Å². The summed E-state index contributed by atoms with van der Waals surface area (Å²) < 4.78 is 0. The molecule has 1 heterocycles. The lowest BCUT2D eigenvalue weighted by molar-refractivity contribution is -0.117. The topological polar surface area (TPSA) is 71.1 Å². The Hall–Kier alpha value is -2.53. The second kappa shape index (κ2) is 4.15. The number of rotatable bonds is 1. The number of nitriles is 2. The van der Waals surface area contributed by atoms with Crippen LogP contribution in [-0.4, -0.2) is 26.0 Å². The normalized spacial score (nSPS) is 13.9. The van der Waals surface area contributed by atoms with Crippen molar-refractivity contribution in [3.63, 3.8) is 0 Å². The Morgan fingerprint density at radius 3 is 2.76 bits per heavy atom. The molecule has 0 unspecified atom stereocenters. The van der Waals surface area contributed by atoms with E-state index in [1.165, 1.54) is 4.90 Å². The van der Waals surface area contributed by atoms with Crippen LogP contribution in [0.5, 0.6) is 0 Å². The molecule has 2 rings (SSSR count). The van der Waals surface area contributed by atoms with E-state index in [4.69, 9.17) is 10.5 Å². The van der Waals surface area contributed by atoms with Crippen molar-refractivity contribution in [3.8, 4) is 12.1 Å². The van der Waals surface area contributed by atoms with Gasteiger partial charge in [-0.15, -0.1) is 0 Å². The van der Waals surface area contributed by atoms with Gasteiger partial charge in [-0.25, -0.2) is 0 Å². The van der Waals surface area contributed by atoms with Crippen molar-refractivity contribution in [1.29, 1.82) is 10.5 Å². The van der Waals surface area contributed by atoms with Gasteiger partial charge in [-0.1, -0.05) is 0 Å². The van der Waals surface area contributed by atoms with E-state index in [1.807, 2.05) is 12.1 Å². The zero-order valence-corrected chi connectivity index (χ0v) is 9.34. The smallest absolute Gasteiger partial charge is 0.246 e. The van der Waals surface area contributed by atoms with Crippen molar-refractivity contribution in [3.05, 3.63) is 23.8 Å². The number of nitrogens with zero attached hydrogens (tertiary/aromatic N) is 4. The maximum atomic E-state index is 11.7.